The lowest BCUT2D eigenvalue weighted by molar-refractivity contribution is -0.137. The Morgan fingerprint density at radius 1 is 1.50 bits per heavy atom. The predicted molar refractivity (Wildman–Crippen MR) is 65.8 cm³/mol. The van der Waals surface area contributed by atoms with Gasteiger partial charge in [-0.1, -0.05) is 0 Å². The zero-order chi connectivity index (χ0) is 11.3. The fourth-order valence-electron chi connectivity index (χ4n) is 0.989. The number of nitrogens with one attached hydrogen (secondary N) is 1. The highest BCUT2D eigenvalue weighted by atomic mass is 35.5. The van der Waals surface area contributed by atoms with E-state index < -0.39 is 5.54 Å². The molecule has 1 aliphatic carbocycles. The van der Waals surface area contributed by atoms with Crippen molar-refractivity contribution >= 4 is 36.0 Å². The molecule has 0 saturated heterocycles. The van der Waals surface area contributed by atoms with E-state index in [4.69, 9.17) is 5.73 Å². The van der Waals surface area contributed by atoms with Gasteiger partial charge < -0.3 is 15.8 Å². The van der Waals surface area contributed by atoms with Gasteiger partial charge in [-0.2, -0.15) is 0 Å². The van der Waals surface area contributed by atoms with Crippen LogP contribution in [0.5, 0.6) is 0 Å². The first-order valence-corrected chi connectivity index (χ1v) is 5.96. The van der Waals surface area contributed by atoms with Gasteiger partial charge in [0.25, 0.3) is 0 Å². The average Bonchev–Trinajstić information content (AvgIpc) is 2.96. The van der Waals surface area contributed by atoms with Crippen molar-refractivity contribution in [3.63, 3.8) is 0 Å². The van der Waals surface area contributed by atoms with E-state index in [2.05, 4.69) is 10.1 Å². The van der Waals surface area contributed by atoms with Crippen LogP contribution in [0.2, 0.25) is 0 Å². The lowest BCUT2D eigenvalue weighted by atomic mass is 10.3. The summed E-state index contributed by atoms with van der Waals surface area (Å²) in [6.07, 6.45) is 1.54. The zero-order valence-corrected chi connectivity index (χ0v) is 10.8. The van der Waals surface area contributed by atoms with Gasteiger partial charge in [0.1, 0.15) is 0 Å². The highest BCUT2D eigenvalue weighted by Gasteiger charge is 2.45. The van der Waals surface area contributed by atoms with E-state index in [0.29, 0.717) is 18.1 Å². The molecule has 0 unspecified atom stereocenters. The summed E-state index contributed by atoms with van der Waals surface area (Å²) >= 11 is 1.43. The van der Waals surface area contributed by atoms with Crippen molar-refractivity contribution in [1.82, 2.24) is 5.32 Å². The van der Waals surface area contributed by atoms with Crippen molar-refractivity contribution in [3.8, 4) is 0 Å². The van der Waals surface area contributed by atoms with Crippen molar-refractivity contribution in [1.29, 1.82) is 0 Å². The molecule has 0 aromatic rings. The van der Waals surface area contributed by atoms with Crippen molar-refractivity contribution < 1.29 is 14.3 Å². The third-order valence-corrected chi connectivity index (χ3v) is 3.15. The van der Waals surface area contributed by atoms with Crippen molar-refractivity contribution in [2.75, 3.05) is 25.2 Å². The number of carbonyl (C=O) groups is 2. The molecule has 16 heavy (non-hydrogen) atoms. The third-order valence-electron chi connectivity index (χ3n) is 2.22. The van der Waals surface area contributed by atoms with Crippen LogP contribution in [-0.4, -0.2) is 42.6 Å². The Kier molecular flexibility index (Phi) is 6.78. The Balaban J connectivity index is 0.00000225. The van der Waals surface area contributed by atoms with Crippen molar-refractivity contribution in [2.24, 2.45) is 5.73 Å². The predicted octanol–water partition coefficient (Wildman–Crippen LogP) is -0.0781. The SMILES string of the molecule is COC(=O)CSCCNC(=O)C1(N)CC1.Cl. The van der Waals surface area contributed by atoms with Gasteiger partial charge in [0.15, 0.2) is 0 Å². The molecule has 0 bridgehead atoms. The van der Waals surface area contributed by atoms with Gasteiger partial charge in [-0.05, 0) is 12.8 Å². The maximum atomic E-state index is 11.3. The molecule has 0 spiro atoms. The molecule has 0 aliphatic heterocycles. The van der Waals surface area contributed by atoms with E-state index in [1.54, 1.807) is 0 Å². The molecule has 1 fully saturated rings. The summed E-state index contributed by atoms with van der Waals surface area (Å²) in [4.78, 5) is 22.1. The first-order valence-electron chi connectivity index (χ1n) is 4.80. The Morgan fingerprint density at radius 3 is 2.62 bits per heavy atom. The summed E-state index contributed by atoms with van der Waals surface area (Å²) < 4.78 is 4.48. The lowest BCUT2D eigenvalue weighted by Gasteiger charge is -2.09. The highest BCUT2D eigenvalue weighted by molar-refractivity contribution is 7.99. The Morgan fingerprint density at radius 2 is 2.12 bits per heavy atom. The number of carbonyl (C=O) groups excluding carboxylic acids is 2. The molecule has 94 valence electrons. The summed E-state index contributed by atoms with van der Waals surface area (Å²) in [5.41, 5.74) is 5.08. The standard InChI is InChI=1S/C9H16N2O3S.ClH/c1-14-7(12)6-15-5-4-11-8(13)9(10)2-3-9;/h2-6,10H2,1H3,(H,11,13);1H. The smallest absolute Gasteiger partial charge is 0.315 e. The molecule has 1 saturated carbocycles. The first-order chi connectivity index (χ1) is 7.08. The molecule has 0 heterocycles. The second-order valence-electron chi connectivity index (χ2n) is 3.54. The van der Waals surface area contributed by atoms with Gasteiger partial charge >= 0.3 is 5.97 Å². The molecule has 0 aromatic heterocycles. The molecule has 0 atom stereocenters. The highest BCUT2D eigenvalue weighted by Crippen LogP contribution is 2.31. The lowest BCUT2D eigenvalue weighted by Crippen LogP contribution is -2.43. The molecule has 0 radical (unpaired) electrons. The number of hydrogen-bond donors (Lipinski definition) is 2. The minimum absolute atomic E-state index is 0. The van der Waals surface area contributed by atoms with E-state index in [-0.39, 0.29) is 24.3 Å². The fraction of sp³-hybridized carbons (Fsp3) is 0.778. The molecule has 3 N–H and O–H groups in total. The van der Waals surface area contributed by atoms with E-state index in [9.17, 15) is 9.59 Å². The number of nitrogens with two attached hydrogens (primary N) is 1. The molecular formula is C9H17ClN2O3S. The number of esters is 1. The second-order valence-corrected chi connectivity index (χ2v) is 4.65. The molecule has 1 aliphatic rings. The maximum absolute atomic E-state index is 11.3. The second kappa shape index (κ2) is 6.98. The average molecular weight is 269 g/mol. The van der Waals surface area contributed by atoms with Crippen LogP contribution in [0, 0.1) is 0 Å². The minimum atomic E-state index is -0.604. The van der Waals surface area contributed by atoms with Crippen LogP contribution in [-0.2, 0) is 14.3 Å². The summed E-state index contributed by atoms with van der Waals surface area (Å²) in [5, 5.41) is 2.74. The number of thioether (sulfide) groups is 1. The van der Waals surface area contributed by atoms with Gasteiger partial charge in [-0.25, -0.2) is 0 Å². The van der Waals surface area contributed by atoms with Crippen LogP contribution in [0.15, 0.2) is 0 Å². The van der Waals surface area contributed by atoms with Crippen molar-refractivity contribution in [2.45, 2.75) is 18.4 Å². The Hall–Kier alpha value is -0.460. The number of hydrogen-bond acceptors (Lipinski definition) is 5. The molecule has 1 amide bonds. The number of ether oxygens (including phenoxy) is 1. The molecule has 7 heteroatoms. The monoisotopic (exact) mass is 268 g/mol. The summed E-state index contributed by atoms with van der Waals surface area (Å²) in [6, 6.07) is 0. The zero-order valence-electron chi connectivity index (χ0n) is 9.15. The third kappa shape index (κ3) is 5.05. The summed E-state index contributed by atoms with van der Waals surface area (Å²) in [5.74, 6) is 0.682. The summed E-state index contributed by atoms with van der Waals surface area (Å²) in [6.45, 7) is 0.541. The normalized spacial score (nSPS) is 15.9. The van der Waals surface area contributed by atoms with Gasteiger partial charge in [0.2, 0.25) is 5.91 Å². The van der Waals surface area contributed by atoms with Crippen LogP contribution >= 0.6 is 24.2 Å². The Bertz CT molecular complexity index is 259. The van der Waals surface area contributed by atoms with Crippen LogP contribution < -0.4 is 11.1 Å². The Labute approximate surface area is 105 Å². The molecular weight excluding hydrogens is 252 g/mol. The quantitative estimate of drug-likeness (QED) is 0.520. The van der Waals surface area contributed by atoms with Crippen LogP contribution in [0.3, 0.4) is 0 Å². The number of methoxy groups -OCH3 is 1. The van der Waals surface area contributed by atoms with E-state index in [0.717, 1.165) is 12.8 Å². The van der Waals surface area contributed by atoms with Gasteiger partial charge in [-0.15, -0.1) is 24.2 Å². The van der Waals surface area contributed by atoms with Crippen LogP contribution in [0.25, 0.3) is 0 Å². The fourth-order valence-corrected chi connectivity index (χ4v) is 1.66. The van der Waals surface area contributed by atoms with Crippen LogP contribution in [0.4, 0.5) is 0 Å². The molecule has 0 aromatic carbocycles. The number of amides is 1. The van der Waals surface area contributed by atoms with Crippen LogP contribution in [0.1, 0.15) is 12.8 Å². The van der Waals surface area contributed by atoms with Crippen molar-refractivity contribution in [3.05, 3.63) is 0 Å². The summed E-state index contributed by atoms with van der Waals surface area (Å²) in [7, 11) is 1.36. The molecule has 1 rings (SSSR count). The van der Waals surface area contributed by atoms with E-state index >= 15 is 0 Å². The topological polar surface area (TPSA) is 81.4 Å². The number of halogens is 1. The van der Waals surface area contributed by atoms with Gasteiger partial charge in [0, 0.05) is 12.3 Å². The van der Waals surface area contributed by atoms with E-state index in [1.807, 2.05) is 0 Å². The largest absolute Gasteiger partial charge is 0.468 e. The number of rotatable bonds is 6. The minimum Gasteiger partial charge on any atom is -0.468 e. The van der Waals surface area contributed by atoms with Gasteiger partial charge in [0.05, 0.1) is 18.4 Å². The van der Waals surface area contributed by atoms with E-state index in [1.165, 1.54) is 18.9 Å². The maximum Gasteiger partial charge on any atom is 0.315 e. The molecule has 5 nitrogen and oxygen atoms in total. The first kappa shape index (κ1) is 15.5. The van der Waals surface area contributed by atoms with Gasteiger partial charge in [-0.3, -0.25) is 9.59 Å².